The molecule has 2 aliphatic rings. The molecule has 0 atom stereocenters. The van der Waals surface area contributed by atoms with E-state index in [1.807, 2.05) is 43.9 Å². The lowest BCUT2D eigenvalue weighted by Crippen LogP contribution is -2.48. The SMILES string of the molecule is CC(C)(C)OC(=O)NCC1(c2cccc(Cl)c2)CCC(N2CCOC2=O)CC1. The third-order valence-corrected chi connectivity index (χ3v) is 5.79. The van der Waals surface area contributed by atoms with Crippen molar-refractivity contribution >= 4 is 23.8 Å². The highest BCUT2D eigenvalue weighted by molar-refractivity contribution is 6.30. The Morgan fingerprint density at radius 1 is 1.36 bits per heavy atom. The number of ether oxygens (including phenoxy) is 2. The molecule has 1 N–H and O–H groups in total. The van der Waals surface area contributed by atoms with Gasteiger partial charge in [-0.2, -0.15) is 0 Å². The number of carbonyl (C=O) groups is 2. The standard InChI is InChI=1S/C21H29ClN2O4/c1-20(2,3)28-18(25)23-14-21(15-5-4-6-16(22)13-15)9-7-17(8-10-21)24-11-12-27-19(24)26/h4-6,13,17H,7-12,14H2,1-3H3,(H,23,25). The number of nitrogens with one attached hydrogen (secondary N) is 1. The Labute approximate surface area is 171 Å². The summed E-state index contributed by atoms with van der Waals surface area (Å²) in [5.74, 6) is 0. The number of amides is 2. The number of hydrogen-bond acceptors (Lipinski definition) is 4. The van der Waals surface area contributed by atoms with Crippen molar-refractivity contribution in [2.75, 3.05) is 19.7 Å². The Morgan fingerprint density at radius 2 is 2.07 bits per heavy atom. The van der Waals surface area contributed by atoms with E-state index in [1.54, 1.807) is 0 Å². The Kier molecular flexibility index (Phi) is 6.08. The van der Waals surface area contributed by atoms with Gasteiger partial charge in [0.2, 0.25) is 0 Å². The quantitative estimate of drug-likeness (QED) is 0.796. The van der Waals surface area contributed by atoms with Gasteiger partial charge in [-0.05, 0) is 64.2 Å². The number of cyclic esters (lactones) is 1. The van der Waals surface area contributed by atoms with Crippen molar-refractivity contribution in [3.05, 3.63) is 34.9 Å². The second-order valence-electron chi connectivity index (χ2n) is 8.69. The van der Waals surface area contributed by atoms with Crippen molar-refractivity contribution in [3.63, 3.8) is 0 Å². The first-order valence-electron chi connectivity index (χ1n) is 9.85. The van der Waals surface area contributed by atoms with E-state index in [2.05, 4.69) is 11.4 Å². The molecule has 0 spiro atoms. The predicted molar refractivity (Wildman–Crippen MR) is 108 cm³/mol. The molecule has 7 heteroatoms. The minimum absolute atomic E-state index is 0.184. The van der Waals surface area contributed by atoms with Crippen LogP contribution in [-0.4, -0.2) is 48.4 Å². The maximum absolute atomic E-state index is 12.2. The fraction of sp³-hybridized carbons (Fsp3) is 0.619. The van der Waals surface area contributed by atoms with Gasteiger partial charge < -0.3 is 19.7 Å². The summed E-state index contributed by atoms with van der Waals surface area (Å²) in [4.78, 5) is 26.0. The van der Waals surface area contributed by atoms with Crippen molar-refractivity contribution < 1.29 is 19.1 Å². The Balaban J connectivity index is 1.73. The van der Waals surface area contributed by atoms with Crippen LogP contribution in [0, 0.1) is 0 Å². The zero-order valence-corrected chi connectivity index (χ0v) is 17.6. The first-order chi connectivity index (χ1) is 13.2. The lowest BCUT2D eigenvalue weighted by atomic mass is 9.68. The molecule has 1 aromatic carbocycles. The largest absolute Gasteiger partial charge is 0.448 e. The van der Waals surface area contributed by atoms with Crippen LogP contribution >= 0.6 is 11.6 Å². The molecule has 154 valence electrons. The molecular weight excluding hydrogens is 380 g/mol. The fourth-order valence-corrected chi connectivity index (χ4v) is 4.34. The number of rotatable bonds is 4. The van der Waals surface area contributed by atoms with E-state index in [0.717, 1.165) is 31.2 Å². The van der Waals surface area contributed by atoms with Gasteiger partial charge in [0, 0.05) is 23.0 Å². The topological polar surface area (TPSA) is 67.9 Å². The second-order valence-corrected chi connectivity index (χ2v) is 9.12. The predicted octanol–water partition coefficient (Wildman–Crippen LogP) is 4.50. The third-order valence-electron chi connectivity index (χ3n) is 5.55. The number of benzene rings is 1. The molecule has 0 unspecified atom stereocenters. The molecule has 1 saturated carbocycles. The van der Waals surface area contributed by atoms with Crippen LogP contribution in [0.4, 0.5) is 9.59 Å². The van der Waals surface area contributed by atoms with Crippen LogP contribution in [0.3, 0.4) is 0 Å². The lowest BCUT2D eigenvalue weighted by Gasteiger charge is -2.42. The molecule has 2 amide bonds. The van der Waals surface area contributed by atoms with Gasteiger partial charge in [0.1, 0.15) is 12.2 Å². The first kappa shape index (κ1) is 20.8. The van der Waals surface area contributed by atoms with Crippen molar-refractivity contribution in [2.24, 2.45) is 0 Å². The van der Waals surface area contributed by atoms with Crippen LogP contribution in [0.1, 0.15) is 52.0 Å². The monoisotopic (exact) mass is 408 g/mol. The fourth-order valence-electron chi connectivity index (χ4n) is 4.15. The van der Waals surface area contributed by atoms with Crippen LogP contribution in [-0.2, 0) is 14.9 Å². The lowest BCUT2D eigenvalue weighted by molar-refractivity contribution is 0.0502. The molecule has 1 aliphatic heterocycles. The molecule has 2 fully saturated rings. The number of carbonyl (C=O) groups excluding carboxylic acids is 2. The Bertz CT molecular complexity index is 723. The Hall–Kier alpha value is -1.95. The van der Waals surface area contributed by atoms with Gasteiger partial charge in [0.15, 0.2) is 0 Å². The third kappa shape index (κ3) is 4.90. The summed E-state index contributed by atoms with van der Waals surface area (Å²) < 4.78 is 10.5. The molecule has 0 bridgehead atoms. The molecule has 1 aromatic rings. The Morgan fingerprint density at radius 3 is 2.64 bits per heavy atom. The summed E-state index contributed by atoms with van der Waals surface area (Å²) in [6.45, 7) is 7.14. The van der Waals surface area contributed by atoms with E-state index in [-0.39, 0.29) is 17.6 Å². The summed E-state index contributed by atoms with van der Waals surface area (Å²) in [6.07, 6.45) is 2.77. The van der Waals surface area contributed by atoms with Crippen molar-refractivity contribution in [1.82, 2.24) is 10.2 Å². The number of alkyl carbamates (subject to hydrolysis) is 1. The van der Waals surface area contributed by atoms with Crippen molar-refractivity contribution in [3.8, 4) is 0 Å². The normalized spacial score (nSPS) is 25.4. The highest BCUT2D eigenvalue weighted by Gasteiger charge is 2.41. The maximum atomic E-state index is 12.2. The molecule has 0 radical (unpaired) electrons. The van der Waals surface area contributed by atoms with Crippen LogP contribution in [0.2, 0.25) is 5.02 Å². The van der Waals surface area contributed by atoms with Crippen molar-refractivity contribution in [1.29, 1.82) is 0 Å². The highest BCUT2D eigenvalue weighted by Crippen LogP contribution is 2.41. The number of hydrogen-bond donors (Lipinski definition) is 1. The van der Waals surface area contributed by atoms with Crippen molar-refractivity contribution in [2.45, 2.75) is 63.5 Å². The molecule has 6 nitrogen and oxygen atoms in total. The minimum Gasteiger partial charge on any atom is -0.448 e. The smallest absolute Gasteiger partial charge is 0.410 e. The molecule has 1 saturated heterocycles. The van der Waals surface area contributed by atoms with E-state index < -0.39 is 11.7 Å². The number of nitrogens with zero attached hydrogens (tertiary/aromatic N) is 1. The van der Waals surface area contributed by atoms with Gasteiger partial charge in [-0.3, -0.25) is 0 Å². The summed E-state index contributed by atoms with van der Waals surface area (Å²) in [7, 11) is 0. The van der Waals surface area contributed by atoms with Crippen LogP contribution in [0.5, 0.6) is 0 Å². The summed E-state index contributed by atoms with van der Waals surface area (Å²) in [5, 5.41) is 3.63. The minimum atomic E-state index is -0.541. The molecule has 1 aliphatic carbocycles. The first-order valence-corrected chi connectivity index (χ1v) is 10.2. The molecular formula is C21H29ClN2O4. The van der Waals surface area contributed by atoms with Gasteiger partial charge in [-0.1, -0.05) is 23.7 Å². The van der Waals surface area contributed by atoms with E-state index in [4.69, 9.17) is 21.1 Å². The van der Waals surface area contributed by atoms with E-state index in [1.165, 1.54) is 0 Å². The van der Waals surface area contributed by atoms with E-state index in [9.17, 15) is 9.59 Å². The van der Waals surface area contributed by atoms with Crippen LogP contribution < -0.4 is 5.32 Å². The average Bonchev–Trinajstić information content (AvgIpc) is 3.05. The zero-order valence-electron chi connectivity index (χ0n) is 16.8. The number of halogens is 1. The summed E-state index contributed by atoms with van der Waals surface area (Å²) in [6, 6.07) is 8.02. The molecule has 1 heterocycles. The van der Waals surface area contributed by atoms with E-state index in [0.29, 0.717) is 24.7 Å². The van der Waals surface area contributed by atoms with Gasteiger partial charge in [0.25, 0.3) is 0 Å². The molecule has 28 heavy (non-hydrogen) atoms. The second kappa shape index (κ2) is 8.19. The molecule has 0 aromatic heterocycles. The zero-order chi connectivity index (χ0) is 20.4. The van der Waals surface area contributed by atoms with Gasteiger partial charge >= 0.3 is 12.2 Å². The average molecular weight is 409 g/mol. The van der Waals surface area contributed by atoms with Crippen LogP contribution in [0.25, 0.3) is 0 Å². The van der Waals surface area contributed by atoms with Gasteiger partial charge in [-0.25, -0.2) is 9.59 Å². The summed E-state index contributed by atoms with van der Waals surface area (Å²) in [5.41, 5.74) is 0.335. The van der Waals surface area contributed by atoms with Gasteiger partial charge in [0.05, 0.1) is 6.54 Å². The van der Waals surface area contributed by atoms with E-state index >= 15 is 0 Å². The maximum Gasteiger partial charge on any atom is 0.410 e. The highest BCUT2D eigenvalue weighted by atomic mass is 35.5. The van der Waals surface area contributed by atoms with Gasteiger partial charge in [-0.15, -0.1) is 0 Å². The van der Waals surface area contributed by atoms with Crippen LogP contribution in [0.15, 0.2) is 24.3 Å². The molecule has 3 rings (SSSR count). The summed E-state index contributed by atoms with van der Waals surface area (Å²) >= 11 is 6.25.